The van der Waals surface area contributed by atoms with Crippen LogP contribution in [0.2, 0.25) is 0 Å². The van der Waals surface area contributed by atoms with Gasteiger partial charge < -0.3 is 10.8 Å². The Bertz CT molecular complexity index is 1170. The van der Waals surface area contributed by atoms with Crippen LogP contribution in [0.5, 0.6) is 5.75 Å². The third-order valence-corrected chi connectivity index (χ3v) is 4.91. The van der Waals surface area contributed by atoms with Crippen molar-refractivity contribution in [2.45, 2.75) is 12.6 Å². The van der Waals surface area contributed by atoms with Gasteiger partial charge in [-0.05, 0) is 34.9 Å². The molecule has 4 rings (SSSR count). The smallest absolute Gasteiger partial charge is 0.271 e. The summed E-state index contributed by atoms with van der Waals surface area (Å²) in [6.45, 7) is 0.760. The maximum Gasteiger partial charge on any atom is 0.271 e. The van der Waals surface area contributed by atoms with Gasteiger partial charge in [0.25, 0.3) is 12.0 Å². The monoisotopic (exact) mass is 373 g/mol. The van der Waals surface area contributed by atoms with Gasteiger partial charge in [-0.25, -0.2) is 9.98 Å². The van der Waals surface area contributed by atoms with E-state index >= 15 is 0 Å². The van der Waals surface area contributed by atoms with Gasteiger partial charge in [-0.15, -0.1) is 0 Å². The zero-order chi connectivity index (χ0) is 19.7. The SMILES string of the molecule is NC(=[NH2+])c1ccc2c(c1)=NC(c1cc(CC[NH3+])cc(-c3ccccc3)c1[O-])[NH+]=2. The molecule has 28 heavy (non-hydrogen) atoms. The summed E-state index contributed by atoms with van der Waals surface area (Å²) in [6.07, 6.45) is 0.360. The largest absolute Gasteiger partial charge is 0.872 e. The minimum absolute atomic E-state index is 0.0156. The fraction of sp³-hybridized carbons (Fsp3) is 0.136. The Morgan fingerprint density at radius 1 is 1.14 bits per heavy atom. The third-order valence-electron chi connectivity index (χ3n) is 4.91. The molecule has 1 unspecified atom stereocenters. The van der Waals surface area contributed by atoms with Crippen molar-refractivity contribution in [3.63, 3.8) is 0 Å². The molecule has 6 nitrogen and oxygen atoms in total. The number of quaternary nitrogens is 1. The van der Waals surface area contributed by atoms with Crippen LogP contribution < -0.4 is 37.7 Å². The summed E-state index contributed by atoms with van der Waals surface area (Å²) < 4.78 is 0. The van der Waals surface area contributed by atoms with Crippen molar-refractivity contribution in [3.05, 3.63) is 88.1 Å². The Morgan fingerprint density at radius 2 is 1.93 bits per heavy atom. The van der Waals surface area contributed by atoms with Crippen LogP contribution in [0.15, 0.2) is 65.7 Å². The number of rotatable bonds is 5. The van der Waals surface area contributed by atoms with Gasteiger partial charge in [0.15, 0.2) is 0 Å². The first-order valence-corrected chi connectivity index (χ1v) is 9.25. The standard InChI is InChI=1S/C22H21N5O/c23-9-8-13-10-16(14-4-2-1-3-5-14)20(28)17(11-13)22-26-18-7-6-15(21(24)25)12-19(18)27-22/h1-7,10-12,22,28H,8-9,23H2,(H3,24,25)/p+2. The Kier molecular flexibility index (Phi) is 4.63. The molecule has 0 radical (unpaired) electrons. The lowest BCUT2D eigenvalue weighted by Gasteiger charge is -2.20. The Hall–Kier alpha value is -3.51. The average Bonchev–Trinajstić information content (AvgIpc) is 3.13. The minimum atomic E-state index is -0.441. The maximum atomic E-state index is 13.3. The van der Waals surface area contributed by atoms with Crippen LogP contribution in [0.4, 0.5) is 0 Å². The normalized spacial score (nSPS) is 14.8. The van der Waals surface area contributed by atoms with Crippen molar-refractivity contribution < 1.29 is 21.2 Å². The highest BCUT2D eigenvalue weighted by Gasteiger charge is 2.22. The number of nitrogens with zero attached hydrogens (tertiary/aromatic N) is 1. The summed E-state index contributed by atoms with van der Waals surface area (Å²) in [6, 6.07) is 19.2. The number of amidine groups is 1. The summed E-state index contributed by atoms with van der Waals surface area (Å²) in [7, 11) is 0. The molecule has 1 heterocycles. The molecule has 0 aromatic heterocycles. The molecule has 6 heteroatoms. The van der Waals surface area contributed by atoms with Gasteiger partial charge in [0.1, 0.15) is 5.36 Å². The number of nitrogens with two attached hydrogens (primary N) is 2. The van der Waals surface area contributed by atoms with Crippen molar-refractivity contribution in [2.75, 3.05) is 6.54 Å². The third kappa shape index (κ3) is 3.25. The van der Waals surface area contributed by atoms with E-state index in [1.807, 2.05) is 60.7 Å². The van der Waals surface area contributed by atoms with E-state index < -0.39 is 6.17 Å². The molecule has 0 spiro atoms. The van der Waals surface area contributed by atoms with E-state index in [4.69, 9.17) is 16.1 Å². The highest BCUT2D eigenvalue weighted by molar-refractivity contribution is 5.92. The molecule has 0 aliphatic carbocycles. The zero-order valence-electron chi connectivity index (χ0n) is 15.5. The molecule has 1 aliphatic rings. The first-order valence-electron chi connectivity index (χ1n) is 9.25. The lowest BCUT2D eigenvalue weighted by atomic mass is 9.96. The fourth-order valence-electron chi connectivity index (χ4n) is 3.50. The first-order chi connectivity index (χ1) is 13.6. The Labute approximate surface area is 162 Å². The van der Waals surface area contributed by atoms with Crippen molar-refractivity contribution in [2.24, 2.45) is 10.7 Å². The topological polar surface area (TPSA) is 129 Å². The molecular weight excluding hydrogens is 350 g/mol. The lowest BCUT2D eigenvalue weighted by Crippen LogP contribution is -2.76. The van der Waals surface area contributed by atoms with Crippen LogP contribution in [0.25, 0.3) is 11.1 Å². The van der Waals surface area contributed by atoms with Crippen molar-refractivity contribution in [3.8, 4) is 16.9 Å². The van der Waals surface area contributed by atoms with E-state index in [9.17, 15) is 5.11 Å². The number of benzene rings is 3. The highest BCUT2D eigenvalue weighted by atomic mass is 16.3. The summed E-state index contributed by atoms with van der Waals surface area (Å²) in [5.74, 6) is 0.230. The molecule has 0 bridgehead atoms. The predicted molar refractivity (Wildman–Crippen MR) is 103 cm³/mol. The molecule has 140 valence electrons. The maximum absolute atomic E-state index is 13.3. The highest BCUT2D eigenvalue weighted by Crippen LogP contribution is 2.34. The predicted octanol–water partition coefficient (Wildman–Crippen LogP) is -3.29. The van der Waals surface area contributed by atoms with E-state index in [-0.39, 0.29) is 11.6 Å². The second-order valence-electron chi connectivity index (χ2n) is 6.89. The van der Waals surface area contributed by atoms with E-state index in [1.165, 1.54) is 0 Å². The van der Waals surface area contributed by atoms with E-state index in [0.29, 0.717) is 11.1 Å². The van der Waals surface area contributed by atoms with Crippen LogP contribution >= 0.6 is 0 Å². The van der Waals surface area contributed by atoms with Crippen molar-refractivity contribution >= 4 is 5.84 Å². The minimum Gasteiger partial charge on any atom is -0.872 e. The summed E-state index contributed by atoms with van der Waals surface area (Å²) in [5.41, 5.74) is 13.7. The summed E-state index contributed by atoms with van der Waals surface area (Å²) >= 11 is 0. The average molecular weight is 373 g/mol. The van der Waals surface area contributed by atoms with E-state index in [0.717, 1.165) is 40.4 Å². The summed E-state index contributed by atoms with van der Waals surface area (Å²) in [4.78, 5) is 8.04. The van der Waals surface area contributed by atoms with Gasteiger partial charge >= 0.3 is 0 Å². The van der Waals surface area contributed by atoms with Gasteiger partial charge in [0, 0.05) is 18.1 Å². The first kappa shape index (κ1) is 17.9. The molecule has 0 amide bonds. The van der Waals surface area contributed by atoms with Crippen molar-refractivity contribution in [1.29, 1.82) is 0 Å². The van der Waals surface area contributed by atoms with Crippen molar-refractivity contribution in [1.82, 2.24) is 0 Å². The number of nitrogens with one attached hydrogen (secondary N) is 1. The second-order valence-corrected chi connectivity index (χ2v) is 6.89. The zero-order valence-corrected chi connectivity index (χ0v) is 15.5. The van der Waals surface area contributed by atoms with Gasteiger partial charge in [0.2, 0.25) is 5.36 Å². The van der Waals surface area contributed by atoms with Gasteiger partial charge in [-0.3, -0.25) is 11.1 Å². The van der Waals surface area contributed by atoms with E-state index in [1.54, 1.807) is 0 Å². The molecule has 1 atom stereocenters. The molecule has 0 saturated carbocycles. The number of hydrogen-bond donors (Lipinski definition) is 4. The van der Waals surface area contributed by atoms with Gasteiger partial charge in [0.05, 0.1) is 12.1 Å². The second kappa shape index (κ2) is 7.25. The molecule has 8 N–H and O–H groups in total. The van der Waals surface area contributed by atoms with Gasteiger partial charge in [-0.2, -0.15) is 0 Å². The molecule has 0 fully saturated rings. The van der Waals surface area contributed by atoms with Gasteiger partial charge in [-0.1, -0.05) is 42.1 Å². The summed E-state index contributed by atoms with van der Waals surface area (Å²) in [5, 5.41) is 20.6. The Morgan fingerprint density at radius 3 is 2.64 bits per heavy atom. The molecule has 3 aromatic carbocycles. The molecule has 3 aromatic rings. The van der Waals surface area contributed by atoms with E-state index in [2.05, 4.69) is 10.7 Å². The molecular formula is C22H23N5O+2. The Balaban J connectivity index is 1.85. The van der Waals surface area contributed by atoms with Crippen LogP contribution in [-0.2, 0) is 6.42 Å². The van der Waals surface area contributed by atoms with Crippen LogP contribution in [0.1, 0.15) is 22.9 Å². The molecule has 1 aliphatic heterocycles. The molecule has 0 saturated heterocycles. The number of fused-ring (bicyclic) bond motifs is 1. The van der Waals surface area contributed by atoms with Crippen LogP contribution in [0, 0.1) is 0 Å². The van der Waals surface area contributed by atoms with Crippen LogP contribution in [-0.4, -0.2) is 12.4 Å². The quantitative estimate of drug-likeness (QED) is 0.276. The lowest BCUT2D eigenvalue weighted by molar-refractivity contribution is -0.542. The number of hydrogen-bond acceptors (Lipinski definition) is 2. The van der Waals surface area contributed by atoms with Crippen LogP contribution in [0.3, 0.4) is 0 Å². The fourth-order valence-corrected chi connectivity index (χ4v) is 3.50.